The van der Waals surface area contributed by atoms with Crippen LogP contribution in [0.25, 0.3) is 0 Å². The molecule has 1 aliphatic rings. The van der Waals surface area contributed by atoms with E-state index in [1.54, 1.807) is 0 Å². The monoisotopic (exact) mass is 283 g/mol. The molecule has 0 unspecified atom stereocenters. The number of amides is 1. The molecule has 104 valence electrons. The summed E-state index contributed by atoms with van der Waals surface area (Å²) in [4.78, 5) is 12.2. The SMILES string of the molecule is O=C(NC1(CO)CCCCC1)c1ccc(O)c(Cl)c1. The molecule has 0 bridgehead atoms. The first-order valence-electron chi connectivity index (χ1n) is 6.48. The van der Waals surface area contributed by atoms with Crippen LogP contribution >= 0.6 is 11.6 Å². The number of aliphatic hydroxyl groups is 1. The van der Waals surface area contributed by atoms with Crippen LogP contribution in [0.2, 0.25) is 5.02 Å². The number of aliphatic hydroxyl groups excluding tert-OH is 1. The fourth-order valence-corrected chi connectivity index (χ4v) is 2.69. The van der Waals surface area contributed by atoms with Crippen molar-refractivity contribution in [1.29, 1.82) is 0 Å². The van der Waals surface area contributed by atoms with Gasteiger partial charge in [0.25, 0.3) is 5.91 Å². The maximum Gasteiger partial charge on any atom is 0.251 e. The number of hydrogen-bond acceptors (Lipinski definition) is 3. The number of carbonyl (C=O) groups is 1. The van der Waals surface area contributed by atoms with E-state index in [0.717, 1.165) is 32.1 Å². The standard InChI is InChI=1S/C14H18ClNO3/c15-11-8-10(4-5-12(11)18)13(19)16-14(9-17)6-2-1-3-7-14/h4-5,8,17-18H,1-3,6-7,9H2,(H,16,19). The summed E-state index contributed by atoms with van der Waals surface area (Å²) in [5.41, 5.74) is -0.124. The quantitative estimate of drug-likeness (QED) is 0.798. The van der Waals surface area contributed by atoms with Crippen molar-refractivity contribution in [2.24, 2.45) is 0 Å². The smallest absolute Gasteiger partial charge is 0.251 e. The molecule has 3 N–H and O–H groups in total. The summed E-state index contributed by atoms with van der Waals surface area (Å²) in [6.45, 7) is -0.0510. The molecule has 0 heterocycles. The van der Waals surface area contributed by atoms with Gasteiger partial charge in [-0.2, -0.15) is 0 Å². The van der Waals surface area contributed by atoms with Gasteiger partial charge in [-0.3, -0.25) is 4.79 Å². The number of hydrogen-bond donors (Lipinski definition) is 3. The Bertz CT molecular complexity index is 470. The summed E-state index contributed by atoms with van der Waals surface area (Å²) in [5, 5.41) is 22.0. The summed E-state index contributed by atoms with van der Waals surface area (Å²) < 4.78 is 0. The van der Waals surface area contributed by atoms with Crippen LogP contribution in [-0.4, -0.2) is 28.3 Å². The van der Waals surface area contributed by atoms with Crippen LogP contribution in [0.15, 0.2) is 18.2 Å². The number of carbonyl (C=O) groups excluding carboxylic acids is 1. The minimum atomic E-state index is -0.514. The largest absolute Gasteiger partial charge is 0.506 e. The van der Waals surface area contributed by atoms with E-state index in [1.165, 1.54) is 18.2 Å². The Hall–Kier alpha value is -1.26. The maximum atomic E-state index is 12.2. The molecule has 0 spiro atoms. The first-order chi connectivity index (χ1) is 9.06. The molecule has 0 aromatic heterocycles. The van der Waals surface area contributed by atoms with Gasteiger partial charge in [0.15, 0.2) is 0 Å². The summed E-state index contributed by atoms with van der Waals surface area (Å²) in [7, 11) is 0. The Balaban J connectivity index is 2.12. The summed E-state index contributed by atoms with van der Waals surface area (Å²) in [6, 6.07) is 4.34. The van der Waals surface area contributed by atoms with Gasteiger partial charge in [-0.15, -0.1) is 0 Å². The molecule has 1 amide bonds. The summed E-state index contributed by atoms with van der Waals surface area (Å²) in [6.07, 6.45) is 4.75. The number of nitrogens with one attached hydrogen (secondary N) is 1. The van der Waals surface area contributed by atoms with Crippen molar-refractivity contribution in [2.75, 3.05) is 6.61 Å². The molecule has 4 nitrogen and oxygen atoms in total. The zero-order valence-electron chi connectivity index (χ0n) is 10.7. The number of phenolic OH excluding ortho intramolecular Hbond substituents is 1. The van der Waals surface area contributed by atoms with Crippen molar-refractivity contribution in [1.82, 2.24) is 5.32 Å². The summed E-state index contributed by atoms with van der Waals surface area (Å²) >= 11 is 5.79. The Kier molecular flexibility index (Phi) is 4.32. The minimum absolute atomic E-state index is 0.0484. The van der Waals surface area contributed by atoms with Crippen LogP contribution in [0.3, 0.4) is 0 Å². The normalized spacial score (nSPS) is 18.0. The molecule has 0 aliphatic heterocycles. The van der Waals surface area contributed by atoms with Crippen molar-refractivity contribution in [2.45, 2.75) is 37.6 Å². The van der Waals surface area contributed by atoms with Gasteiger partial charge in [-0.25, -0.2) is 0 Å². The van der Waals surface area contributed by atoms with E-state index in [1.807, 2.05) is 0 Å². The van der Waals surface area contributed by atoms with Gasteiger partial charge in [0, 0.05) is 5.56 Å². The van der Waals surface area contributed by atoms with Crippen molar-refractivity contribution in [3.05, 3.63) is 28.8 Å². The predicted octanol–water partition coefficient (Wildman–Crippen LogP) is 2.47. The number of phenols is 1. The van der Waals surface area contributed by atoms with Crippen LogP contribution in [0.5, 0.6) is 5.75 Å². The topological polar surface area (TPSA) is 69.6 Å². The number of benzene rings is 1. The first-order valence-corrected chi connectivity index (χ1v) is 6.86. The second-order valence-corrected chi connectivity index (χ2v) is 5.53. The third-order valence-electron chi connectivity index (χ3n) is 3.70. The average Bonchev–Trinajstić information content (AvgIpc) is 2.43. The maximum absolute atomic E-state index is 12.2. The van der Waals surface area contributed by atoms with E-state index < -0.39 is 5.54 Å². The molecule has 0 atom stereocenters. The fourth-order valence-electron chi connectivity index (χ4n) is 2.51. The van der Waals surface area contributed by atoms with Gasteiger partial charge >= 0.3 is 0 Å². The molecular weight excluding hydrogens is 266 g/mol. The number of halogens is 1. The van der Waals surface area contributed by atoms with Gasteiger partial charge < -0.3 is 15.5 Å². The van der Waals surface area contributed by atoms with E-state index in [2.05, 4.69) is 5.32 Å². The van der Waals surface area contributed by atoms with E-state index in [9.17, 15) is 15.0 Å². The third-order valence-corrected chi connectivity index (χ3v) is 4.00. The highest BCUT2D eigenvalue weighted by molar-refractivity contribution is 6.32. The molecule has 1 aromatic carbocycles. The Morgan fingerprint density at radius 2 is 2.00 bits per heavy atom. The van der Waals surface area contributed by atoms with Gasteiger partial charge in [0.1, 0.15) is 5.75 Å². The Morgan fingerprint density at radius 3 is 2.58 bits per heavy atom. The van der Waals surface area contributed by atoms with Crippen molar-refractivity contribution < 1.29 is 15.0 Å². The Labute approximate surface area is 117 Å². The molecule has 1 aromatic rings. The molecule has 5 heteroatoms. The highest BCUT2D eigenvalue weighted by Crippen LogP contribution is 2.29. The Morgan fingerprint density at radius 1 is 1.32 bits per heavy atom. The van der Waals surface area contributed by atoms with Crippen LogP contribution in [0, 0.1) is 0 Å². The highest BCUT2D eigenvalue weighted by Gasteiger charge is 2.33. The molecule has 1 saturated carbocycles. The van der Waals surface area contributed by atoms with Gasteiger partial charge in [-0.05, 0) is 31.0 Å². The van der Waals surface area contributed by atoms with E-state index >= 15 is 0 Å². The van der Waals surface area contributed by atoms with Gasteiger partial charge in [0.2, 0.25) is 0 Å². The molecule has 19 heavy (non-hydrogen) atoms. The molecule has 0 saturated heterocycles. The zero-order valence-corrected chi connectivity index (χ0v) is 11.4. The van der Waals surface area contributed by atoms with E-state index in [0.29, 0.717) is 5.56 Å². The lowest BCUT2D eigenvalue weighted by Crippen LogP contribution is -2.52. The van der Waals surface area contributed by atoms with E-state index in [4.69, 9.17) is 11.6 Å². The van der Waals surface area contributed by atoms with Gasteiger partial charge in [0.05, 0.1) is 17.2 Å². The van der Waals surface area contributed by atoms with Crippen molar-refractivity contribution in [3.8, 4) is 5.75 Å². The highest BCUT2D eigenvalue weighted by atomic mass is 35.5. The number of rotatable bonds is 3. The number of aromatic hydroxyl groups is 1. The second kappa shape index (κ2) is 5.80. The second-order valence-electron chi connectivity index (χ2n) is 5.12. The lowest BCUT2D eigenvalue weighted by atomic mass is 9.82. The molecule has 1 fully saturated rings. The predicted molar refractivity (Wildman–Crippen MR) is 73.5 cm³/mol. The van der Waals surface area contributed by atoms with Crippen LogP contribution in [0.1, 0.15) is 42.5 Å². The van der Waals surface area contributed by atoms with Crippen LogP contribution in [-0.2, 0) is 0 Å². The van der Waals surface area contributed by atoms with Gasteiger partial charge in [-0.1, -0.05) is 30.9 Å². The molecule has 1 aliphatic carbocycles. The summed E-state index contributed by atoms with van der Waals surface area (Å²) in [5.74, 6) is -0.314. The van der Waals surface area contributed by atoms with Crippen LogP contribution in [0.4, 0.5) is 0 Å². The van der Waals surface area contributed by atoms with Crippen LogP contribution < -0.4 is 5.32 Å². The molecular formula is C14H18ClNO3. The van der Waals surface area contributed by atoms with E-state index in [-0.39, 0.29) is 23.3 Å². The van der Waals surface area contributed by atoms with Crippen molar-refractivity contribution >= 4 is 17.5 Å². The minimum Gasteiger partial charge on any atom is -0.506 e. The fraction of sp³-hybridized carbons (Fsp3) is 0.500. The molecule has 2 rings (SSSR count). The van der Waals surface area contributed by atoms with Crippen molar-refractivity contribution in [3.63, 3.8) is 0 Å². The third kappa shape index (κ3) is 3.19. The average molecular weight is 284 g/mol. The molecule has 0 radical (unpaired) electrons. The zero-order chi connectivity index (χ0) is 13.9. The lowest BCUT2D eigenvalue weighted by Gasteiger charge is -2.36. The first kappa shape index (κ1) is 14.2. The lowest BCUT2D eigenvalue weighted by molar-refractivity contribution is 0.0758.